The lowest BCUT2D eigenvalue weighted by atomic mass is 10.2. The van der Waals surface area contributed by atoms with Crippen molar-refractivity contribution in [1.29, 1.82) is 0 Å². The molecule has 0 amide bonds. The van der Waals surface area contributed by atoms with E-state index in [9.17, 15) is 8.78 Å². The van der Waals surface area contributed by atoms with Crippen molar-refractivity contribution in [2.45, 2.75) is 37.5 Å². The number of fused-ring (bicyclic) bond motifs is 3. The third-order valence-corrected chi connectivity index (χ3v) is 6.57. The summed E-state index contributed by atoms with van der Waals surface area (Å²) in [4.78, 5) is 15.6. The molecule has 3 atom stereocenters. The van der Waals surface area contributed by atoms with Crippen molar-refractivity contribution in [1.82, 2.24) is 20.3 Å². The Morgan fingerprint density at radius 1 is 1.18 bits per heavy atom. The quantitative estimate of drug-likeness (QED) is 0.588. The van der Waals surface area contributed by atoms with E-state index in [-0.39, 0.29) is 24.1 Å². The first-order valence-corrected chi connectivity index (χ1v) is 11.3. The molecule has 172 valence electrons. The summed E-state index contributed by atoms with van der Waals surface area (Å²) in [7, 11) is 0. The highest BCUT2D eigenvalue weighted by molar-refractivity contribution is 5.88. The van der Waals surface area contributed by atoms with Gasteiger partial charge in [0.1, 0.15) is 24.3 Å². The minimum atomic E-state index is -1.05. The van der Waals surface area contributed by atoms with E-state index in [1.54, 1.807) is 0 Å². The first-order chi connectivity index (χ1) is 16.2. The lowest BCUT2D eigenvalue weighted by Crippen LogP contribution is -2.44. The van der Waals surface area contributed by atoms with E-state index in [4.69, 9.17) is 14.5 Å². The molecule has 0 radical (unpaired) electrons. The Morgan fingerprint density at radius 2 is 2.12 bits per heavy atom. The van der Waals surface area contributed by atoms with Crippen LogP contribution >= 0.6 is 0 Å². The second-order valence-corrected chi connectivity index (χ2v) is 8.72. The number of rotatable bonds is 6. The number of piperazine rings is 1. The number of nitrogens with zero attached hydrogens (tertiary/aromatic N) is 4. The van der Waals surface area contributed by atoms with Crippen LogP contribution in [0.2, 0.25) is 0 Å². The van der Waals surface area contributed by atoms with Gasteiger partial charge in [0, 0.05) is 31.8 Å². The number of halogens is 2. The molecule has 5 heterocycles. The van der Waals surface area contributed by atoms with Gasteiger partial charge in [0.25, 0.3) is 0 Å². The van der Waals surface area contributed by atoms with Gasteiger partial charge in [0.2, 0.25) is 5.82 Å². The summed E-state index contributed by atoms with van der Waals surface area (Å²) in [5.41, 5.74) is 1.08. The largest absolute Gasteiger partial charge is 0.488 e. The molecular formula is C23H24F2N6O2. The predicted octanol–water partition coefficient (Wildman–Crippen LogP) is 3.15. The minimum Gasteiger partial charge on any atom is -0.488 e. The van der Waals surface area contributed by atoms with E-state index in [1.165, 1.54) is 18.5 Å². The molecule has 6 rings (SSSR count). The Labute approximate surface area is 189 Å². The van der Waals surface area contributed by atoms with Crippen molar-refractivity contribution in [2.24, 2.45) is 0 Å². The second kappa shape index (κ2) is 8.35. The predicted molar refractivity (Wildman–Crippen MR) is 119 cm³/mol. The highest BCUT2D eigenvalue weighted by Gasteiger charge is 2.38. The molecule has 8 nitrogen and oxygen atoms in total. The first-order valence-electron chi connectivity index (χ1n) is 11.3. The normalized spacial score (nSPS) is 24.1. The highest BCUT2D eigenvalue weighted by atomic mass is 19.2. The number of hydrogen-bond acceptors (Lipinski definition) is 8. The average molecular weight is 454 g/mol. The molecule has 1 aromatic carbocycles. The fourth-order valence-corrected chi connectivity index (χ4v) is 4.85. The number of ether oxygens (including phenoxy) is 2. The molecule has 2 aromatic heterocycles. The molecule has 2 bridgehead atoms. The van der Waals surface area contributed by atoms with Gasteiger partial charge in [0.15, 0.2) is 17.4 Å². The molecule has 0 aliphatic carbocycles. The summed E-state index contributed by atoms with van der Waals surface area (Å²) >= 11 is 0. The third kappa shape index (κ3) is 3.83. The standard InChI is InChI=1S/C23H24F2N6O2/c24-20-16(3-5-18(21(20)25)33-11-15-2-1-7-32-15)29-23-22-17(27-12-28-23)4-6-19(30-22)31-10-13-8-14(31)9-26-13/h3-6,12-15,26H,1-2,7-11H2,(H,27,28,29)/t13-,14-,15-/m0/s1. The molecule has 33 heavy (non-hydrogen) atoms. The van der Waals surface area contributed by atoms with Gasteiger partial charge in [-0.05, 0) is 43.5 Å². The van der Waals surface area contributed by atoms with E-state index in [0.717, 1.165) is 38.2 Å². The summed E-state index contributed by atoms with van der Waals surface area (Å²) in [6.07, 6.45) is 4.20. The maximum Gasteiger partial charge on any atom is 0.202 e. The van der Waals surface area contributed by atoms with E-state index < -0.39 is 11.6 Å². The molecule has 10 heteroatoms. The Hall–Kier alpha value is -3.11. The minimum absolute atomic E-state index is 0.0476. The van der Waals surface area contributed by atoms with Crippen molar-refractivity contribution in [3.8, 4) is 5.75 Å². The first kappa shape index (κ1) is 20.5. The van der Waals surface area contributed by atoms with Gasteiger partial charge in [0.05, 0.1) is 17.3 Å². The van der Waals surface area contributed by atoms with Gasteiger partial charge in [-0.1, -0.05) is 0 Å². The van der Waals surface area contributed by atoms with Gasteiger partial charge in [-0.2, -0.15) is 4.39 Å². The van der Waals surface area contributed by atoms with Crippen LogP contribution < -0.4 is 20.3 Å². The fourth-order valence-electron chi connectivity index (χ4n) is 4.85. The number of nitrogens with one attached hydrogen (secondary N) is 2. The molecular weight excluding hydrogens is 430 g/mol. The summed E-state index contributed by atoms with van der Waals surface area (Å²) in [6.45, 7) is 2.70. The van der Waals surface area contributed by atoms with Crippen LogP contribution in [0.5, 0.6) is 5.75 Å². The molecule has 3 aliphatic heterocycles. The Bertz CT molecular complexity index is 1190. The van der Waals surface area contributed by atoms with E-state index >= 15 is 0 Å². The number of pyridine rings is 1. The monoisotopic (exact) mass is 454 g/mol. The van der Waals surface area contributed by atoms with Gasteiger partial charge in [-0.15, -0.1) is 0 Å². The smallest absolute Gasteiger partial charge is 0.202 e. The summed E-state index contributed by atoms with van der Waals surface area (Å²) in [5.74, 6) is -1.08. The molecule has 3 fully saturated rings. The van der Waals surface area contributed by atoms with Crippen LogP contribution in [-0.2, 0) is 4.74 Å². The van der Waals surface area contributed by atoms with Gasteiger partial charge in [-0.25, -0.2) is 19.3 Å². The van der Waals surface area contributed by atoms with Crippen molar-refractivity contribution >= 4 is 28.4 Å². The highest BCUT2D eigenvalue weighted by Crippen LogP contribution is 2.32. The molecule has 3 aromatic rings. The molecule has 0 unspecified atom stereocenters. The maximum absolute atomic E-state index is 14.8. The van der Waals surface area contributed by atoms with Crippen LogP contribution in [0.1, 0.15) is 19.3 Å². The lowest BCUT2D eigenvalue weighted by Gasteiger charge is -2.28. The fraction of sp³-hybridized carbons (Fsp3) is 0.435. The van der Waals surface area contributed by atoms with Crippen molar-refractivity contribution < 1.29 is 18.3 Å². The van der Waals surface area contributed by atoms with E-state index in [1.807, 2.05) is 12.1 Å². The van der Waals surface area contributed by atoms with E-state index in [2.05, 4.69) is 25.5 Å². The van der Waals surface area contributed by atoms with Gasteiger partial charge < -0.3 is 25.0 Å². The molecule has 2 N–H and O–H groups in total. The SMILES string of the molecule is Fc1c(Nc2ncnc3ccc(N4C[C@@H]5C[C@H]4CN5)nc23)ccc(OC[C@@H]2CCCO2)c1F. The van der Waals surface area contributed by atoms with Crippen LogP contribution in [0, 0.1) is 11.6 Å². The van der Waals surface area contributed by atoms with Crippen LogP contribution in [-0.4, -0.2) is 59.4 Å². The number of aromatic nitrogens is 3. The van der Waals surface area contributed by atoms with Gasteiger partial charge >= 0.3 is 0 Å². The second-order valence-electron chi connectivity index (χ2n) is 8.72. The Morgan fingerprint density at radius 3 is 2.91 bits per heavy atom. The van der Waals surface area contributed by atoms with Crippen LogP contribution in [0.3, 0.4) is 0 Å². The van der Waals surface area contributed by atoms with Crippen LogP contribution in [0.15, 0.2) is 30.6 Å². The average Bonchev–Trinajstić information content (AvgIpc) is 3.60. The summed E-state index contributed by atoms with van der Waals surface area (Å²) in [6, 6.07) is 7.56. The Balaban J connectivity index is 1.26. The zero-order valence-electron chi connectivity index (χ0n) is 17.9. The summed E-state index contributed by atoms with van der Waals surface area (Å²) < 4.78 is 40.4. The van der Waals surface area contributed by atoms with E-state index in [0.29, 0.717) is 35.5 Å². The number of hydrogen-bond donors (Lipinski definition) is 2. The number of anilines is 3. The van der Waals surface area contributed by atoms with Crippen LogP contribution in [0.4, 0.5) is 26.1 Å². The molecule has 3 saturated heterocycles. The zero-order valence-corrected chi connectivity index (χ0v) is 17.9. The van der Waals surface area contributed by atoms with Crippen LogP contribution in [0.25, 0.3) is 11.0 Å². The molecule has 3 aliphatic rings. The van der Waals surface area contributed by atoms with Crippen molar-refractivity contribution in [2.75, 3.05) is 36.5 Å². The molecule has 0 saturated carbocycles. The Kier molecular flexibility index (Phi) is 5.18. The topological polar surface area (TPSA) is 84.4 Å². The van der Waals surface area contributed by atoms with Gasteiger partial charge in [-0.3, -0.25) is 0 Å². The zero-order chi connectivity index (χ0) is 22.4. The summed E-state index contributed by atoms with van der Waals surface area (Å²) in [5, 5.41) is 6.37. The van der Waals surface area contributed by atoms with Crippen molar-refractivity contribution in [3.63, 3.8) is 0 Å². The van der Waals surface area contributed by atoms with Crippen molar-refractivity contribution in [3.05, 3.63) is 42.2 Å². The number of benzene rings is 1. The maximum atomic E-state index is 14.8. The molecule has 0 spiro atoms. The lowest BCUT2D eigenvalue weighted by molar-refractivity contribution is 0.0663. The third-order valence-electron chi connectivity index (χ3n) is 6.57.